The summed E-state index contributed by atoms with van der Waals surface area (Å²) in [5.41, 5.74) is 7.58. The Morgan fingerprint density at radius 3 is 2.67 bits per heavy atom. The standard InChI is InChI=1S/C15H22N2O/c1-11-5-7-13(8-6-11)17-14(18)15(16)9-3-4-12(2)10-15/h5-8,12H,3-4,9-10,16H2,1-2H3,(H,17,18). The smallest absolute Gasteiger partial charge is 0.244 e. The van der Waals surface area contributed by atoms with Crippen LogP contribution in [-0.2, 0) is 4.79 Å². The number of nitrogens with two attached hydrogens (primary N) is 1. The van der Waals surface area contributed by atoms with E-state index in [0.717, 1.165) is 24.9 Å². The van der Waals surface area contributed by atoms with Crippen molar-refractivity contribution in [3.8, 4) is 0 Å². The van der Waals surface area contributed by atoms with Crippen LogP contribution in [0.5, 0.6) is 0 Å². The Labute approximate surface area is 109 Å². The highest BCUT2D eigenvalue weighted by Gasteiger charge is 2.37. The zero-order valence-corrected chi connectivity index (χ0v) is 11.2. The average molecular weight is 246 g/mol. The number of rotatable bonds is 2. The van der Waals surface area contributed by atoms with E-state index in [0.29, 0.717) is 5.92 Å². The predicted octanol–water partition coefficient (Wildman–Crippen LogP) is 2.84. The second-order valence-corrected chi connectivity index (χ2v) is 5.68. The number of hydrogen-bond acceptors (Lipinski definition) is 2. The van der Waals surface area contributed by atoms with Gasteiger partial charge in [0.15, 0.2) is 0 Å². The average Bonchev–Trinajstić information content (AvgIpc) is 2.32. The minimum absolute atomic E-state index is 0.0436. The first-order valence-corrected chi connectivity index (χ1v) is 6.67. The van der Waals surface area contributed by atoms with Gasteiger partial charge in [-0.05, 0) is 37.8 Å². The quantitative estimate of drug-likeness (QED) is 0.843. The highest BCUT2D eigenvalue weighted by Crippen LogP contribution is 2.31. The topological polar surface area (TPSA) is 55.1 Å². The fraction of sp³-hybridized carbons (Fsp3) is 0.533. The van der Waals surface area contributed by atoms with E-state index in [1.54, 1.807) is 0 Å². The molecule has 2 atom stereocenters. The van der Waals surface area contributed by atoms with Gasteiger partial charge in [0.1, 0.15) is 0 Å². The second-order valence-electron chi connectivity index (χ2n) is 5.68. The van der Waals surface area contributed by atoms with Gasteiger partial charge in [0.05, 0.1) is 5.54 Å². The zero-order valence-electron chi connectivity index (χ0n) is 11.2. The van der Waals surface area contributed by atoms with Crippen LogP contribution in [-0.4, -0.2) is 11.4 Å². The van der Waals surface area contributed by atoms with Crippen molar-refractivity contribution in [3.05, 3.63) is 29.8 Å². The molecule has 1 amide bonds. The molecule has 1 aromatic rings. The molecular weight excluding hydrogens is 224 g/mol. The third-order valence-corrected chi connectivity index (χ3v) is 3.79. The minimum atomic E-state index is -0.692. The van der Waals surface area contributed by atoms with E-state index in [9.17, 15) is 4.79 Å². The predicted molar refractivity (Wildman–Crippen MR) is 74.4 cm³/mol. The van der Waals surface area contributed by atoms with Crippen molar-refractivity contribution in [1.82, 2.24) is 0 Å². The molecule has 1 aliphatic carbocycles. The third-order valence-electron chi connectivity index (χ3n) is 3.79. The monoisotopic (exact) mass is 246 g/mol. The van der Waals surface area contributed by atoms with Crippen molar-refractivity contribution in [3.63, 3.8) is 0 Å². The van der Waals surface area contributed by atoms with Gasteiger partial charge < -0.3 is 11.1 Å². The van der Waals surface area contributed by atoms with Crippen LogP contribution in [0.25, 0.3) is 0 Å². The van der Waals surface area contributed by atoms with Gasteiger partial charge >= 0.3 is 0 Å². The van der Waals surface area contributed by atoms with E-state index in [4.69, 9.17) is 5.73 Å². The minimum Gasteiger partial charge on any atom is -0.324 e. The molecule has 3 nitrogen and oxygen atoms in total. The number of amides is 1. The molecule has 98 valence electrons. The van der Waals surface area contributed by atoms with Crippen LogP contribution in [0.3, 0.4) is 0 Å². The lowest BCUT2D eigenvalue weighted by Gasteiger charge is -2.35. The van der Waals surface area contributed by atoms with E-state index < -0.39 is 5.54 Å². The van der Waals surface area contributed by atoms with Gasteiger partial charge in [0, 0.05) is 5.69 Å². The number of carbonyl (C=O) groups is 1. The van der Waals surface area contributed by atoms with Crippen molar-refractivity contribution in [2.75, 3.05) is 5.32 Å². The molecule has 2 rings (SSSR count). The largest absolute Gasteiger partial charge is 0.324 e. The van der Waals surface area contributed by atoms with Crippen LogP contribution < -0.4 is 11.1 Å². The Morgan fingerprint density at radius 1 is 1.39 bits per heavy atom. The Kier molecular flexibility index (Phi) is 3.71. The molecule has 3 N–H and O–H groups in total. The lowest BCUT2D eigenvalue weighted by Crippen LogP contribution is -2.53. The fourth-order valence-electron chi connectivity index (χ4n) is 2.69. The van der Waals surface area contributed by atoms with Crippen LogP contribution in [0.15, 0.2) is 24.3 Å². The molecule has 18 heavy (non-hydrogen) atoms. The number of aryl methyl sites for hydroxylation is 1. The van der Waals surface area contributed by atoms with Crippen molar-refractivity contribution in [1.29, 1.82) is 0 Å². The summed E-state index contributed by atoms with van der Waals surface area (Å²) in [5, 5.41) is 2.94. The van der Waals surface area contributed by atoms with E-state index >= 15 is 0 Å². The molecule has 0 aromatic heterocycles. The van der Waals surface area contributed by atoms with Crippen LogP contribution >= 0.6 is 0 Å². The maximum absolute atomic E-state index is 12.3. The lowest BCUT2D eigenvalue weighted by atomic mass is 9.76. The summed E-state index contributed by atoms with van der Waals surface area (Å²) in [7, 11) is 0. The Morgan fingerprint density at radius 2 is 2.06 bits per heavy atom. The van der Waals surface area contributed by atoms with E-state index in [2.05, 4.69) is 12.2 Å². The molecule has 3 heteroatoms. The molecule has 0 bridgehead atoms. The summed E-state index contributed by atoms with van der Waals surface area (Å²) in [6.45, 7) is 4.19. The summed E-state index contributed by atoms with van der Waals surface area (Å²) >= 11 is 0. The van der Waals surface area contributed by atoms with E-state index in [-0.39, 0.29) is 5.91 Å². The lowest BCUT2D eigenvalue weighted by molar-refractivity contribution is -0.122. The highest BCUT2D eigenvalue weighted by atomic mass is 16.2. The van der Waals surface area contributed by atoms with Crippen LogP contribution in [0, 0.1) is 12.8 Å². The maximum Gasteiger partial charge on any atom is 0.244 e. The third kappa shape index (κ3) is 2.91. The normalized spacial score (nSPS) is 27.8. The molecule has 1 fully saturated rings. The summed E-state index contributed by atoms with van der Waals surface area (Å²) in [6.07, 6.45) is 3.79. The van der Waals surface area contributed by atoms with Gasteiger partial charge in [-0.15, -0.1) is 0 Å². The van der Waals surface area contributed by atoms with Crippen molar-refractivity contribution < 1.29 is 4.79 Å². The SMILES string of the molecule is Cc1ccc(NC(=O)C2(N)CCCC(C)C2)cc1. The van der Waals surface area contributed by atoms with Crippen LogP contribution in [0.1, 0.15) is 38.2 Å². The van der Waals surface area contributed by atoms with E-state index in [1.807, 2.05) is 31.2 Å². The van der Waals surface area contributed by atoms with Crippen molar-refractivity contribution in [2.45, 2.75) is 45.1 Å². The Bertz CT molecular complexity index is 427. The van der Waals surface area contributed by atoms with Gasteiger partial charge in [0.25, 0.3) is 0 Å². The van der Waals surface area contributed by atoms with Crippen LogP contribution in [0.4, 0.5) is 5.69 Å². The highest BCUT2D eigenvalue weighted by molar-refractivity contribution is 5.98. The van der Waals surface area contributed by atoms with E-state index in [1.165, 1.54) is 12.0 Å². The first kappa shape index (κ1) is 13.1. The molecule has 0 saturated heterocycles. The molecular formula is C15H22N2O. The Hall–Kier alpha value is -1.35. The molecule has 0 heterocycles. The molecule has 1 saturated carbocycles. The Balaban J connectivity index is 2.04. The van der Waals surface area contributed by atoms with Crippen molar-refractivity contribution >= 4 is 11.6 Å². The second kappa shape index (κ2) is 5.11. The molecule has 0 aliphatic heterocycles. The van der Waals surface area contributed by atoms with Gasteiger partial charge in [0.2, 0.25) is 5.91 Å². The molecule has 0 spiro atoms. The first-order valence-electron chi connectivity index (χ1n) is 6.67. The van der Waals surface area contributed by atoms with Crippen molar-refractivity contribution in [2.24, 2.45) is 11.7 Å². The van der Waals surface area contributed by atoms with Gasteiger partial charge in [-0.3, -0.25) is 4.79 Å². The van der Waals surface area contributed by atoms with Crippen LogP contribution in [0.2, 0.25) is 0 Å². The molecule has 1 aliphatic rings. The zero-order chi connectivity index (χ0) is 13.2. The van der Waals surface area contributed by atoms with Gasteiger partial charge in [-0.25, -0.2) is 0 Å². The number of benzene rings is 1. The van der Waals surface area contributed by atoms with Gasteiger partial charge in [-0.1, -0.05) is 37.5 Å². The molecule has 1 aromatic carbocycles. The summed E-state index contributed by atoms with van der Waals surface area (Å²) in [5.74, 6) is 0.491. The summed E-state index contributed by atoms with van der Waals surface area (Å²) in [6, 6.07) is 7.82. The number of anilines is 1. The fourth-order valence-corrected chi connectivity index (χ4v) is 2.69. The molecule has 0 radical (unpaired) electrons. The number of nitrogens with one attached hydrogen (secondary N) is 1. The number of hydrogen-bond donors (Lipinski definition) is 2. The number of carbonyl (C=O) groups excluding carboxylic acids is 1. The van der Waals surface area contributed by atoms with Gasteiger partial charge in [-0.2, -0.15) is 0 Å². The molecule has 2 unspecified atom stereocenters. The first-order chi connectivity index (χ1) is 8.49. The summed E-state index contributed by atoms with van der Waals surface area (Å²) < 4.78 is 0. The maximum atomic E-state index is 12.3. The summed E-state index contributed by atoms with van der Waals surface area (Å²) in [4.78, 5) is 12.3.